The number of carbonyl (C=O) groups is 3. The molecule has 4 N–H and O–H groups in total. The highest BCUT2D eigenvalue weighted by Crippen LogP contribution is 2.47. The second-order valence-corrected chi connectivity index (χ2v) is 17.3. The van der Waals surface area contributed by atoms with Gasteiger partial charge in [0.25, 0.3) is 16.0 Å². The molecule has 3 unspecified atom stereocenters. The normalized spacial score (nSPS) is 17.6. The third-order valence-corrected chi connectivity index (χ3v) is 10.7. The zero-order valence-corrected chi connectivity index (χ0v) is 36.7. The van der Waals surface area contributed by atoms with Crippen LogP contribution < -0.4 is 15.5 Å². The van der Waals surface area contributed by atoms with E-state index in [1.165, 1.54) is 4.90 Å². The Labute approximate surface area is 353 Å². The number of imidazole rings is 1. The van der Waals surface area contributed by atoms with Crippen molar-refractivity contribution in [2.75, 3.05) is 36.2 Å². The molecule has 1 aliphatic rings. The van der Waals surface area contributed by atoms with Crippen molar-refractivity contribution in [3.05, 3.63) is 83.8 Å². The lowest BCUT2D eigenvalue weighted by Gasteiger charge is -2.45. The molecule has 16 heteroatoms. The van der Waals surface area contributed by atoms with Crippen molar-refractivity contribution in [2.24, 2.45) is 18.9 Å². The number of carbonyl (C=O) groups excluding carboxylic acids is 3. The highest BCUT2D eigenvalue weighted by Gasteiger charge is 2.41. The number of benzene rings is 2. The molecule has 2 aromatic carbocycles. The molecule has 1 fully saturated rings. The number of ether oxygens (including phenoxy) is 2. The fourth-order valence-electron chi connectivity index (χ4n) is 7.70. The lowest BCUT2D eigenvalue weighted by atomic mass is 9.66. The summed E-state index contributed by atoms with van der Waals surface area (Å²) in [5, 5.41) is 14.7. The Hall–Kier alpha value is -5.35. The van der Waals surface area contributed by atoms with E-state index in [2.05, 4.69) is 47.9 Å². The van der Waals surface area contributed by atoms with Crippen molar-refractivity contribution in [1.82, 2.24) is 19.9 Å². The minimum absolute atomic E-state index is 0.00153. The Balaban J connectivity index is 0.00000150. The molecule has 4 aromatic rings. The van der Waals surface area contributed by atoms with E-state index >= 15 is 0 Å². The Kier molecular flexibility index (Phi) is 17.2. The number of alkyl carbamates (subject to hydrolysis) is 1. The van der Waals surface area contributed by atoms with Gasteiger partial charge in [0.2, 0.25) is 0 Å². The van der Waals surface area contributed by atoms with E-state index in [0.29, 0.717) is 41.6 Å². The van der Waals surface area contributed by atoms with Gasteiger partial charge in [-0.1, -0.05) is 46.1 Å². The second-order valence-electron chi connectivity index (χ2n) is 15.9. The number of esters is 1. The molecule has 0 spiro atoms. The van der Waals surface area contributed by atoms with Crippen molar-refractivity contribution >= 4 is 56.5 Å². The van der Waals surface area contributed by atoms with Gasteiger partial charge >= 0.3 is 12.1 Å². The van der Waals surface area contributed by atoms with Crippen LogP contribution in [0.4, 0.5) is 16.3 Å². The van der Waals surface area contributed by atoms with E-state index in [-0.39, 0.29) is 48.7 Å². The van der Waals surface area contributed by atoms with Gasteiger partial charge in [-0.2, -0.15) is 8.42 Å². The molecule has 0 radical (unpaired) electrons. The van der Waals surface area contributed by atoms with Gasteiger partial charge in [-0.3, -0.25) is 29.8 Å². The predicted molar refractivity (Wildman–Crippen MR) is 234 cm³/mol. The lowest BCUT2D eigenvalue weighted by molar-refractivity contribution is -0.142. The minimum atomic E-state index is -3.67. The third kappa shape index (κ3) is 13.9. The van der Waals surface area contributed by atoms with Gasteiger partial charge in [0.1, 0.15) is 17.5 Å². The van der Waals surface area contributed by atoms with E-state index in [0.717, 1.165) is 67.5 Å². The van der Waals surface area contributed by atoms with E-state index < -0.39 is 16.2 Å². The van der Waals surface area contributed by atoms with Gasteiger partial charge in [0.05, 0.1) is 36.9 Å². The number of amidine groups is 1. The van der Waals surface area contributed by atoms with Crippen LogP contribution in [-0.4, -0.2) is 82.9 Å². The molecule has 2 aromatic heterocycles. The quantitative estimate of drug-likeness (QED) is 0.0279. The average Bonchev–Trinajstić information content (AvgIpc) is 3.52. The zero-order chi connectivity index (χ0) is 44.0. The number of amides is 2. The molecular formula is C44H61N7O8S. The number of hydrogen-bond acceptors (Lipinski definition) is 11. The van der Waals surface area contributed by atoms with Crippen LogP contribution >= 0.6 is 0 Å². The summed E-state index contributed by atoms with van der Waals surface area (Å²) in [6.45, 7) is 11.5. The van der Waals surface area contributed by atoms with E-state index in [4.69, 9.17) is 24.4 Å². The maximum Gasteiger partial charge on any atom is 0.412 e. The summed E-state index contributed by atoms with van der Waals surface area (Å²) in [5.74, 6) is 1.83. The number of nitrogens with zero attached hydrogens (tertiary/aromatic N) is 4. The van der Waals surface area contributed by atoms with Crippen LogP contribution in [0.1, 0.15) is 114 Å². The maximum atomic E-state index is 14.0. The monoisotopic (exact) mass is 847 g/mol. The van der Waals surface area contributed by atoms with Crippen molar-refractivity contribution in [3.8, 4) is 0 Å². The van der Waals surface area contributed by atoms with Crippen molar-refractivity contribution < 1.29 is 36.8 Å². The fourth-order valence-corrected chi connectivity index (χ4v) is 7.70. The third-order valence-electron chi connectivity index (χ3n) is 10.7. The first kappa shape index (κ1) is 47.3. The van der Waals surface area contributed by atoms with Crippen LogP contribution in [0.25, 0.3) is 11.0 Å². The first-order valence-corrected chi connectivity index (χ1v) is 22.5. The van der Waals surface area contributed by atoms with Gasteiger partial charge in [-0.25, -0.2) is 14.8 Å². The van der Waals surface area contributed by atoms with Gasteiger partial charge in [-0.15, -0.1) is 0 Å². The summed E-state index contributed by atoms with van der Waals surface area (Å²) in [4.78, 5) is 49.5. The molecule has 326 valence electrons. The largest absolute Gasteiger partial charge is 0.466 e. The Morgan fingerprint density at radius 3 is 2.37 bits per heavy atom. The number of aromatic nitrogens is 3. The molecule has 1 saturated carbocycles. The summed E-state index contributed by atoms with van der Waals surface area (Å²) in [7, 11) is -1.62. The van der Waals surface area contributed by atoms with Crippen LogP contribution in [0.2, 0.25) is 0 Å². The Bertz CT molecular complexity index is 2170. The highest BCUT2D eigenvalue weighted by molar-refractivity contribution is 7.85. The summed E-state index contributed by atoms with van der Waals surface area (Å²) in [5.41, 5.74) is 3.45. The minimum Gasteiger partial charge on any atom is -0.466 e. The van der Waals surface area contributed by atoms with Crippen LogP contribution in [0.5, 0.6) is 0 Å². The van der Waals surface area contributed by atoms with Crippen LogP contribution in [-0.2, 0) is 31.4 Å². The lowest BCUT2D eigenvalue weighted by Crippen LogP contribution is -2.43. The van der Waals surface area contributed by atoms with Crippen LogP contribution in [0.15, 0.2) is 66.9 Å². The standard InChI is InChI=1S/C43H57N7O5.CH4O3S/c1-7-9-10-13-26-55-42(53)47-39(44)30-15-18-32(19-16-30)48-43(5)23-21-33(29(3)4)34(28-43)40-46-35-27-31(17-20-36(35)49(40)6)41(52)50(25-22-38(51)54-8-2)37-14-11-12-24-45-37;1-5(2,3)4/h11-12,14-20,24,27,29,33-34,48H,7-10,13,21-23,25-26,28H2,1-6H3,(H2,44,47,53);1H3,(H,2,3,4). The number of anilines is 2. The number of pyridine rings is 1. The van der Waals surface area contributed by atoms with Gasteiger partial charge in [-0.05, 0) is 106 Å². The van der Waals surface area contributed by atoms with Crippen LogP contribution in [0, 0.1) is 17.2 Å². The maximum absolute atomic E-state index is 14.0. The predicted octanol–water partition coefficient (Wildman–Crippen LogP) is 8.11. The SMILES string of the molecule is CCCCCCOC(=O)NC(=N)c1ccc(NC2(C)CCC(C(C)C)C(c3nc4cc(C(=O)N(CCC(=O)OCC)c5ccccn5)ccc4n3C)C2)cc1.CS(=O)(=O)O. The molecular weight excluding hydrogens is 787 g/mol. The summed E-state index contributed by atoms with van der Waals surface area (Å²) < 4.78 is 38.4. The van der Waals surface area contributed by atoms with Crippen molar-refractivity contribution in [2.45, 2.75) is 97.4 Å². The molecule has 3 atom stereocenters. The number of aryl methyl sites for hydroxylation is 1. The summed E-state index contributed by atoms with van der Waals surface area (Å²) in [6, 6.07) is 18.5. The molecule has 0 saturated heterocycles. The highest BCUT2D eigenvalue weighted by atomic mass is 32.2. The van der Waals surface area contributed by atoms with E-state index in [9.17, 15) is 22.8 Å². The molecule has 2 amide bonds. The van der Waals surface area contributed by atoms with Gasteiger partial charge in [0, 0.05) is 48.1 Å². The second kappa shape index (κ2) is 21.8. The fraction of sp³-hybridized carbons (Fsp3) is 0.500. The number of rotatable bonds is 16. The van der Waals surface area contributed by atoms with Gasteiger partial charge in [0.15, 0.2) is 0 Å². The van der Waals surface area contributed by atoms with Crippen molar-refractivity contribution in [3.63, 3.8) is 0 Å². The smallest absolute Gasteiger partial charge is 0.412 e. The molecule has 0 bridgehead atoms. The topological polar surface area (TPSA) is 206 Å². The summed E-state index contributed by atoms with van der Waals surface area (Å²) >= 11 is 0. The van der Waals surface area contributed by atoms with Crippen molar-refractivity contribution in [1.29, 1.82) is 5.41 Å². The number of nitrogens with one attached hydrogen (secondary N) is 3. The Morgan fingerprint density at radius 2 is 1.73 bits per heavy atom. The number of fused-ring (bicyclic) bond motifs is 1. The molecule has 2 heterocycles. The Morgan fingerprint density at radius 1 is 1.03 bits per heavy atom. The molecule has 5 rings (SSSR count). The van der Waals surface area contributed by atoms with E-state index in [1.54, 1.807) is 25.3 Å². The van der Waals surface area contributed by atoms with Crippen LogP contribution in [0.3, 0.4) is 0 Å². The first-order valence-electron chi connectivity index (χ1n) is 20.6. The molecule has 15 nitrogen and oxygen atoms in total. The van der Waals surface area contributed by atoms with Gasteiger partial charge < -0.3 is 19.4 Å². The molecule has 60 heavy (non-hydrogen) atoms. The molecule has 0 aliphatic heterocycles. The van der Waals surface area contributed by atoms with E-state index in [1.807, 2.05) is 55.6 Å². The number of hydrogen-bond donors (Lipinski definition) is 4. The first-order chi connectivity index (χ1) is 28.4. The number of unbranched alkanes of at least 4 members (excludes halogenated alkanes) is 3. The average molecular weight is 848 g/mol. The zero-order valence-electron chi connectivity index (χ0n) is 35.9. The summed E-state index contributed by atoms with van der Waals surface area (Å²) in [6.07, 6.45) is 8.70. The molecule has 1 aliphatic carbocycles.